The van der Waals surface area contributed by atoms with Crippen LogP contribution in [0.5, 0.6) is 0 Å². The number of aromatic carboxylic acids is 1. The van der Waals surface area contributed by atoms with Crippen LogP contribution in [0.15, 0.2) is 42.5 Å². The van der Waals surface area contributed by atoms with Gasteiger partial charge in [-0.2, -0.15) is 0 Å². The molecule has 5 nitrogen and oxygen atoms in total. The molecule has 2 aromatic rings. The number of amides is 2. The maximum absolute atomic E-state index is 11.8. The molecule has 0 aliphatic heterocycles. The monoisotopic (exact) mass is 324 g/mol. The number of carboxylic acids is 1. The Morgan fingerprint density at radius 3 is 2.24 bits per heavy atom. The van der Waals surface area contributed by atoms with Crippen molar-refractivity contribution in [2.75, 3.05) is 10.6 Å². The van der Waals surface area contributed by atoms with Gasteiger partial charge in [0.1, 0.15) is 0 Å². The molecule has 2 aromatic carbocycles. The number of carbonyl (C=O) groups is 2. The molecular weight excluding hydrogens is 315 g/mol. The first-order valence-corrected chi connectivity index (χ1v) is 6.57. The van der Waals surface area contributed by atoms with E-state index in [2.05, 4.69) is 10.6 Å². The quantitative estimate of drug-likeness (QED) is 0.785. The summed E-state index contributed by atoms with van der Waals surface area (Å²) in [6.45, 7) is 0. The highest BCUT2D eigenvalue weighted by molar-refractivity contribution is 6.31. The predicted octanol–water partition coefficient (Wildman–Crippen LogP) is 4.34. The van der Waals surface area contributed by atoms with Crippen molar-refractivity contribution < 1.29 is 14.7 Å². The zero-order valence-corrected chi connectivity index (χ0v) is 12.1. The number of anilines is 2. The minimum Gasteiger partial charge on any atom is -0.478 e. The first kappa shape index (κ1) is 15.2. The fourth-order valence-corrected chi connectivity index (χ4v) is 2.07. The Hall–Kier alpha value is -2.24. The summed E-state index contributed by atoms with van der Waals surface area (Å²) in [5, 5.41) is 14.7. The smallest absolute Gasteiger partial charge is 0.335 e. The Bertz CT molecular complexity index is 704. The second-order valence-corrected chi connectivity index (χ2v) is 5.00. The van der Waals surface area contributed by atoms with E-state index < -0.39 is 12.0 Å². The minimum atomic E-state index is -1.13. The topological polar surface area (TPSA) is 78.4 Å². The molecule has 7 heteroatoms. The number of urea groups is 1. The van der Waals surface area contributed by atoms with Crippen LogP contribution in [0.25, 0.3) is 0 Å². The average molecular weight is 325 g/mol. The second-order valence-electron chi connectivity index (χ2n) is 4.12. The van der Waals surface area contributed by atoms with Crippen LogP contribution >= 0.6 is 23.2 Å². The van der Waals surface area contributed by atoms with Crippen LogP contribution in [0.3, 0.4) is 0 Å². The van der Waals surface area contributed by atoms with Crippen LogP contribution in [0, 0.1) is 0 Å². The van der Waals surface area contributed by atoms with Gasteiger partial charge >= 0.3 is 12.0 Å². The summed E-state index contributed by atoms with van der Waals surface area (Å²) in [7, 11) is 0. The molecule has 0 saturated carbocycles. The van der Waals surface area contributed by atoms with Gasteiger partial charge in [0.05, 0.1) is 5.56 Å². The van der Waals surface area contributed by atoms with Gasteiger partial charge in [0.25, 0.3) is 0 Å². The molecular formula is C14H10Cl2N2O3. The maximum atomic E-state index is 11.8. The Balaban J connectivity index is 2.11. The molecule has 0 heterocycles. The molecule has 0 bridgehead atoms. The summed E-state index contributed by atoms with van der Waals surface area (Å²) in [5.41, 5.74) is 0.778. The molecule has 0 spiro atoms. The summed E-state index contributed by atoms with van der Waals surface area (Å²) >= 11 is 11.6. The Morgan fingerprint density at radius 2 is 1.57 bits per heavy atom. The normalized spacial score (nSPS) is 10.0. The van der Waals surface area contributed by atoms with Crippen molar-refractivity contribution in [3.8, 4) is 0 Å². The van der Waals surface area contributed by atoms with Crippen molar-refractivity contribution in [1.82, 2.24) is 0 Å². The highest BCUT2D eigenvalue weighted by Gasteiger charge is 2.09. The van der Waals surface area contributed by atoms with Crippen molar-refractivity contribution in [2.24, 2.45) is 0 Å². The predicted molar refractivity (Wildman–Crippen MR) is 82.5 cm³/mol. The largest absolute Gasteiger partial charge is 0.478 e. The van der Waals surface area contributed by atoms with E-state index in [1.165, 1.54) is 18.2 Å². The standard InChI is InChI=1S/C14H10Cl2N2O3/c15-9-2-1-3-11(6-9)17-14(21)18-12-5-8(13(19)20)4-10(16)7-12/h1-7H,(H,19,20)(H2,17,18,21). The Labute approximate surface area is 130 Å². The maximum Gasteiger partial charge on any atom is 0.335 e. The van der Waals surface area contributed by atoms with Crippen LogP contribution < -0.4 is 10.6 Å². The lowest BCUT2D eigenvalue weighted by molar-refractivity contribution is 0.0697. The second kappa shape index (κ2) is 6.47. The molecule has 21 heavy (non-hydrogen) atoms. The number of halogens is 2. The molecule has 0 radical (unpaired) electrons. The number of carbonyl (C=O) groups excluding carboxylic acids is 1. The summed E-state index contributed by atoms with van der Waals surface area (Å²) < 4.78 is 0. The third kappa shape index (κ3) is 4.37. The fourth-order valence-electron chi connectivity index (χ4n) is 1.64. The molecule has 0 fully saturated rings. The third-order valence-electron chi connectivity index (χ3n) is 2.49. The van der Waals surface area contributed by atoms with Gasteiger partial charge in [0, 0.05) is 21.4 Å². The molecule has 0 saturated heterocycles. The van der Waals surface area contributed by atoms with Gasteiger partial charge in [0.2, 0.25) is 0 Å². The zero-order chi connectivity index (χ0) is 15.4. The molecule has 108 valence electrons. The summed E-state index contributed by atoms with van der Waals surface area (Å²) in [4.78, 5) is 22.7. The summed E-state index contributed by atoms with van der Waals surface area (Å²) in [6, 6.07) is 10.2. The van der Waals surface area contributed by atoms with Crippen LogP contribution in [0.4, 0.5) is 16.2 Å². The van der Waals surface area contributed by atoms with E-state index in [1.54, 1.807) is 24.3 Å². The van der Waals surface area contributed by atoms with Gasteiger partial charge in [-0.3, -0.25) is 0 Å². The van der Waals surface area contributed by atoms with E-state index in [1.807, 2.05) is 0 Å². The van der Waals surface area contributed by atoms with E-state index in [0.29, 0.717) is 10.7 Å². The van der Waals surface area contributed by atoms with E-state index in [9.17, 15) is 9.59 Å². The zero-order valence-electron chi connectivity index (χ0n) is 10.6. The first-order chi connectivity index (χ1) is 9.94. The fraction of sp³-hybridized carbons (Fsp3) is 0. The Kier molecular flexibility index (Phi) is 4.67. The van der Waals surface area contributed by atoms with Crippen LogP contribution in [0.1, 0.15) is 10.4 Å². The van der Waals surface area contributed by atoms with Gasteiger partial charge in [-0.15, -0.1) is 0 Å². The third-order valence-corrected chi connectivity index (χ3v) is 2.94. The van der Waals surface area contributed by atoms with Crippen molar-refractivity contribution >= 4 is 46.6 Å². The number of carboxylic acid groups (broad SMARTS) is 1. The average Bonchev–Trinajstić information content (AvgIpc) is 2.37. The van der Waals surface area contributed by atoms with Crippen molar-refractivity contribution in [2.45, 2.75) is 0 Å². The molecule has 0 unspecified atom stereocenters. The lowest BCUT2D eigenvalue weighted by Crippen LogP contribution is -2.19. The van der Waals surface area contributed by atoms with E-state index in [4.69, 9.17) is 28.3 Å². The molecule has 2 amide bonds. The number of rotatable bonds is 3. The van der Waals surface area contributed by atoms with Crippen LogP contribution in [-0.2, 0) is 0 Å². The van der Waals surface area contributed by atoms with Gasteiger partial charge in [-0.25, -0.2) is 9.59 Å². The number of benzene rings is 2. The first-order valence-electron chi connectivity index (χ1n) is 5.81. The molecule has 0 aliphatic rings. The van der Waals surface area contributed by atoms with Gasteiger partial charge in [-0.1, -0.05) is 29.3 Å². The van der Waals surface area contributed by atoms with Crippen molar-refractivity contribution in [3.05, 3.63) is 58.1 Å². The van der Waals surface area contributed by atoms with Gasteiger partial charge in [0.15, 0.2) is 0 Å². The molecule has 0 atom stereocenters. The van der Waals surface area contributed by atoms with Crippen molar-refractivity contribution in [1.29, 1.82) is 0 Å². The van der Waals surface area contributed by atoms with E-state index in [-0.39, 0.29) is 16.3 Å². The summed E-state index contributed by atoms with van der Waals surface area (Å²) in [5.74, 6) is -1.13. The highest BCUT2D eigenvalue weighted by atomic mass is 35.5. The van der Waals surface area contributed by atoms with E-state index in [0.717, 1.165) is 0 Å². The molecule has 2 rings (SSSR count). The number of hydrogen-bond donors (Lipinski definition) is 3. The van der Waals surface area contributed by atoms with Crippen LogP contribution in [0.2, 0.25) is 10.0 Å². The Morgan fingerprint density at radius 1 is 0.905 bits per heavy atom. The SMILES string of the molecule is O=C(Nc1cccc(Cl)c1)Nc1cc(Cl)cc(C(=O)O)c1. The van der Waals surface area contributed by atoms with Gasteiger partial charge in [-0.05, 0) is 36.4 Å². The minimum absolute atomic E-state index is 0.0134. The molecule has 0 aliphatic carbocycles. The number of hydrogen-bond acceptors (Lipinski definition) is 2. The lowest BCUT2D eigenvalue weighted by Gasteiger charge is -2.09. The molecule has 0 aromatic heterocycles. The van der Waals surface area contributed by atoms with Gasteiger partial charge < -0.3 is 15.7 Å². The summed E-state index contributed by atoms with van der Waals surface area (Å²) in [6.07, 6.45) is 0. The lowest BCUT2D eigenvalue weighted by atomic mass is 10.2. The highest BCUT2D eigenvalue weighted by Crippen LogP contribution is 2.20. The van der Waals surface area contributed by atoms with Crippen LogP contribution in [-0.4, -0.2) is 17.1 Å². The van der Waals surface area contributed by atoms with Crippen molar-refractivity contribution in [3.63, 3.8) is 0 Å². The van der Waals surface area contributed by atoms with E-state index >= 15 is 0 Å². The number of nitrogens with one attached hydrogen (secondary N) is 2. The molecule has 3 N–H and O–H groups in total.